The largest absolute Gasteiger partial charge is 0.490 e. The maximum Gasteiger partial charge on any atom is 0.200 e. The fraction of sp³-hybridized carbons (Fsp3) is 0.636. The van der Waals surface area contributed by atoms with E-state index in [9.17, 15) is 8.78 Å². The Kier molecular flexibility index (Phi) is 11.1. The van der Waals surface area contributed by atoms with Gasteiger partial charge in [0.15, 0.2) is 23.2 Å². The Morgan fingerprint density at radius 3 is 1.87 bits per heavy atom. The third-order valence-electron chi connectivity index (χ3n) is 8.82. The van der Waals surface area contributed by atoms with Crippen LogP contribution in [0.4, 0.5) is 17.6 Å². The molecule has 2 aromatic carbocycles. The van der Waals surface area contributed by atoms with E-state index in [1.54, 1.807) is 12.1 Å². The van der Waals surface area contributed by atoms with Gasteiger partial charge in [-0.3, -0.25) is 0 Å². The molecule has 0 unspecified atom stereocenters. The molecule has 0 radical (unpaired) electrons. The zero-order chi connectivity index (χ0) is 27.8. The van der Waals surface area contributed by atoms with Crippen LogP contribution in [0.25, 0.3) is 0 Å². The lowest BCUT2D eigenvalue weighted by Gasteiger charge is -2.30. The Labute approximate surface area is 231 Å². The minimum absolute atomic E-state index is 0.0346. The van der Waals surface area contributed by atoms with Crippen LogP contribution in [0.5, 0.6) is 5.75 Å². The Hall–Kier alpha value is -2.08. The van der Waals surface area contributed by atoms with E-state index in [0.29, 0.717) is 49.3 Å². The molecule has 2 aromatic rings. The quantitative estimate of drug-likeness (QED) is 0.194. The third kappa shape index (κ3) is 7.77. The molecule has 0 atom stereocenters. The molecule has 0 saturated heterocycles. The molecule has 0 aromatic heterocycles. The number of benzene rings is 2. The molecule has 2 saturated carbocycles. The Bertz CT molecular complexity index is 1060. The van der Waals surface area contributed by atoms with Gasteiger partial charge in [-0.15, -0.1) is 0 Å². The molecule has 0 amide bonds. The van der Waals surface area contributed by atoms with Crippen LogP contribution in [0.2, 0.25) is 0 Å². The number of halogens is 4. The summed E-state index contributed by atoms with van der Waals surface area (Å²) in [4.78, 5) is 0. The summed E-state index contributed by atoms with van der Waals surface area (Å²) in [5.74, 6) is -2.64. The Morgan fingerprint density at radius 1 is 0.667 bits per heavy atom. The van der Waals surface area contributed by atoms with Gasteiger partial charge in [-0.25, -0.2) is 13.2 Å². The van der Waals surface area contributed by atoms with Crippen LogP contribution in [0, 0.1) is 29.2 Å². The second-order valence-corrected chi connectivity index (χ2v) is 11.7. The first kappa shape index (κ1) is 29.9. The lowest BCUT2D eigenvalue weighted by atomic mass is 9.77. The molecule has 2 nitrogen and oxygen atoms in total. The lowest BCUT2D eigenvalue weighted by Crippen LogP contribution is -2.22. The number of hydrogen-bond acceptors (Lipinski definition) is 2. The van der Waals surface area contributed by atoms with E-state index >= 15 is 8.78 Å². The van der Waals surface area contributed by atoms with E-state index in [2.05, 4.69) is 13.8 Å². The lowest BCUT2D eigenvalue weighted by molar-refractivity contribution is 0.0116. The van der Waals surface area contributed by atoms with Crippen molar-refractivity contribution in [1.29, 1.82) is 0 Å². The molecule has 4 rings (SSSR count). The highest BCUT2D eigenvalue weighted by Crippen LogP contribution is 2.41. The van der Waals surface area contributed by atoms with Crippen LogP contribution in [-0.4, -0.2) is 12.7 Å². The van der Waals surface area contributed by atoms with Crippen molar-refractivity contribution >= 4 is 0 Å². The van der Waals surface area contributed by atoms with E-state index in [0.717, 1.165) is 51.4 Å². The van der Waals surface area contributed by atoms with Gasteiger partial charge in [0.2, 0.25) is 5.82 Å². The second kappa shape index (κ2) is 14.5. The molecule has 0 N–H and O–H groups in total. The van der Waals surface area contributed by atoms with E-state index in [1.165, 1.54) is 18.6 Å². The third-order valence-corrected chi connectivity index (χ3v) is 8.82. The standard InChI is InChI=1S/C33H44F4O2/c1-3-4-5-6-7-20-38-29-19-14-25(30(34)33(29)37)21-39-26-15-12-24(13-16-26)28-18-17-27(31(35)32(28)36)23-10-8-22(2)9-11-23/h14,17-19,22-24,26H,3-13,15-16,20-21H2,1-2H3. The fourth-order valence-electron chi connectivity index (χ4n) is 6.21. The van der Waals surface area contributed by atoms with E-state index < -0.39 is 23.3 Å². The van der Waals surface area contributed by atoms with Gasteiger partial charge in [-0.05, 0) is 86.0 Å². The minimum Gasteiger partial charge on any atom is -0.490 e. The molecule has 0 bridgehead atoms. The van der Waals surface area contributed by atoms with Crippen LogP contribution in [0.3, 0.4) is 0 Å². The normalized spacial score (nSPS) is 23.6. The molecule has 0 aliphatic heterocycles. The van der Waals surface area contributed by atoms with Gasteiger partial charge in [0.05, 0.1) is 19.3 Å². The summed E-state index contributed by atoms with van der Waals surface area (Å²) in [6.45, 7) is 4.69. The van der Waals surface area contributed by atoms with Crippen molar-refractivity contribution in [1.82, 2.24) is 0 Å². The summed E-state index contributed by atoms with van der Waals surface area (Å²) in [7, 11) is 0. The first-order chi connectivity index (χ1) is 18.9. The number of ether oxygens (including phenoxy) is 2. The number of hydrogen-bond donors (Lipinski definition) is 0. The topological polar surface area (TPSA) is 18.5 Å². The van der Waals surface area contributed by atoms with E-state index in [4.69, 9.17) is 9.47 Å². The van der Waals surface area contributed by atoms with Crippen molar-refractivity contribution in [3.63, 3.8) is 0 Å². The maximum absolute atomic E-state index is 15.1. The summed E-state index contributed by atoms with van der Waals surface area (Å²) >= 11 is 0. The highest BCUT2D eigenvalue weighted by atomic mass is 19.2. The number of unbranched alkanes of at least 4 members (excludes halogenated alkanes) is 4. The molecular formula is C33H44F4O2. The molecular weight excluding hydrogens is 504 g/mol. The van der Waals surface area contributed by atoms with Crippen molar-refractivity contribution in [3.8, 4) is 5.75 Å². The van der Waals surface area contributed by atoms with Crippen molar-refractivity contribution in [2.75, 3.05) is 6.61 Å². The molecule has 0 spiro atoms. The van der Waals surface area contributed by atoms with Gasteiger partial charge in [-0.1, -0.05) is 64.5 Å². The predicted octanol–water partition coefficient (Wildman–Crippen LogP) is 10.1. The average Bonchev–Trinajstić information content (AvgIpc) is 2.95. The highest BCUT2D eigenvalue weighted by molar-refractivity contribution is 5.32. The molecule has 6 heteroatoms. The smallest absolute Gasteiger partial charge is 0.200 e. The minimum atomic E-state index is -0.975. The monoisotopic (exact) mass is 548 g/mol. The summed E-state index contributed by atoms with van der Waals surface area (Å²) in [6.07, 6.45) is 11.8. The van der Waals surface area contributed by atoms with Crippen molar-refractivity contribution in [2.24, 2.45) is 5.92 Å². The first-order valence-electron chi connectivity index (χ1n) is 15.1. The van der Waals surface area contributed by atoms with Crippen LogP contribution in [0.15, 0.2) is 24.3 Å². The summed E-state index contributed by atoms with van der Waals surface area (Å²) in [6, 6.07) is 6.57. The zero-order valence-corrected chi connectivity index (χ0v) is 23.6. The molecule has 39 heavy (non-hydrogen) atoms. The average molecular weight is 549 g/mol. The van der Waals surface area contributed by atoms with E-state index in [1.807, 2.05) is 0 Å². The molecule has 2 fully saturated rings. The van der Waals surface area contributed by atoms with Crippen LogP contribution in [-0.2, 0) is 11.3 Å². The van der Waals surface area contributed by atoms with Crippen molar-refractivity contribution in [3.05, 3.63) is 64.2 Å². The Balaban J connectivity index is 1.25. The van der Waals surface area contributed by atoms with Crippen LogP contribution >= 0.6 is 0 Å². The summed E-state index contributed by atoms with van der Waals surface area (Å²) in [5.41, 5.74) is 1.14. The van der Waals surface area contributed by atoms with E-state index in [-0.39, 0.29) is 35.9 Å². The summed E-state index contributed by atoms with van der Waals surface area (Å²) < 4.78 is 70.7. The van der Waals surface area contributed by atoms with Crippen LogP contribution < -0.4 is 4.74 Å². The van der Waals surface area contributed by atoms with Gasteiger partial charge in [0.25, 0.3) is 0 Å². The van der Waals surface area contributed by atoms with Gasteiger partial charge < -0.3 is 9.47 Å². The van der Waals surface area contributed by atoms with Gasteiger partial charge in [0, 0.05) is 5.56 Å². The first-order valence-corrected chi connectivity index (χ1v) is 15.1. The molecule has 0 heterocycles. The summed E-state index contributed by atoms with van der Waals surface area (Å²) in [5, 5.41) is 0. The van der Waals surface area contributed by atoms with Crippen LogP contribution in [0.1, 0.15) is 126 Å². The van der Waals surface area contributed by atoms with Gasteiger partial charge in [-0.2, -0.15) is 4.39 Å². The Morgan fingerprint density at radius 2 is 1.26 bits per heavy atom. The van der Waals surface area contributed by atoms with Gasteiger partial charge >= 0.3 is 0 Å². The zero-order valence-electron chi connectivity index (χ0n) is 23.6. The van der Waals surface area contributed by atoms with Gasteiger partial charge in [0.1, 0.15) is 0 Å². The maximum atomic E-state index is 15.1. The van der Waals surface area contributed by atoms with Crippen molar-refractivity contribution in [2.45, 2.75) is 122 Å². The predicted molar refractivity (Wildman–Crippen MR) is 147 cm³/mol. The fourth-order valence-corrected chi connectivity index (χ4v) is 6.21. The highest BCUT2D eigenvalue weighted by Gasteiger charge is 2.29. The molecule has 2 aliphatic rings. The number of rotatable bonds is 12. The SMILES string of the molecule is CCCCCCCOc1ccc(COC2CCC(c3ccc(C4CCC(C)CC4)c(F)c3F)CC2)c(F)c1F. The second-order valence-electron chi connectivity index (χ2n) is 11.7. The molecule has 216 valence electrons. The molecule has 2 aliphatic carbocycles. The van der Waals surface area contributed by atoms with Crippen molar-refractivity contribution < 1.29 is 27.0 Å².